The highest BCUT2D eigenvalue weighted by molar-refractivity contribution is 5.24. The van der Waals surface area contributed by atoms with Crippen molar-refractivity contribution in [1.82, 2.24) is 9.55 Å². The molecule has 0 unspecified atom stereocenters. The Morgan fingerprint density at radius 3 is 2.62 bits per heavy atom. The topological polar surface area (TPSA) is 29.9 Å². The Morgan fingerprint density at radius 2 is 2.15 bits per heavy atom. The number of hydrogen-bond acceptors (Lipinski definition) is 2. The minimum absolute atomic E-state index is 0.761. The van der Waals surface area contributed by atoms with Crippen molar-refractivity contribution < 1.29 is 0 Å². The molecule has 0 radical (unpaired) electrons. The van der Waals surface area contributed by atoms with Gasteiger partial charge >= 0.3 is 0 Å². The predicted octanol–water partition coefficient (Wildman–Crippen LogP) is 2.27. The van der Waals surface area contributed by atoms with Crippen molar-refractivity contribution in [2.24, 2.45) is 13.0 Å². The summed E-state index contributed by atoms with van der Waals surface area (Å²) in [5.74, 6) is 1.73. The van der Waals surface area contributed by atoms with Gasteiger partial charge in [-0.1, -0.05) is 26.7 Å². The monoisotopic (exact) mass is 181 g/mol. The molecule has 0 aromatic carbocycles. The lowest BCUT2D eigenvalue weighted by atomic mass is 10.0. The van der Waals surface area contributed by atoms with Crippen LogP contribution in [0.5, 0.6) is 0 Å². The molecule has 0 aliphatic carbocycles. The summed E-state index contributed by atoms with van der Waals surface area (Å²) < 4.78 is 2.00. The average molecular weight is 181 g/mol. The van der Waals surface area contributed by atoms with Gasteiger partial charge in [0.1, 0.15) is 0 Å². The maximum atomic E-state index is 4.21. The normalized spacial score (nSPS) is 10.8. The lowest BCUT2D eigenvalue weighted by molar-refractivity contribution is 0.517. The summed E-state index contributed by atoms with van der Waals surface area (Å²) in [6, 6.07) is 0. The third-order valence-electron chi connectivity index (χ3n) is 2.52. The van der Waals surface area contributed by atoms with E-state index in [1.54, 1.807) is 0 Å². The van der Waals surface area contributed by atoms with E-state index < -0.39 is 0 Å². The molecule has 3 heteroatoms. The summed E-state index contributed by atoms with van der Waals surface area (Å²) in [5.41, 5.74) is 0. The van der Waals surface area contributed by atoms with Gasteiger partial charge in [-0.25, -0.2) is 4.98 Å². The second-order valence-corrected chi connectivity index (χ2v) is 3.43. The maximum absolute atomic E-state index is 4.21. The summed E-state index contributed by atoms with van der Waals surface area (Å²) in [6.07, 6.45) is 6.23. The van der Waals surface area contributed by atoms with Gasteiger partial charge in [-0.05, 0) is 5.92 Å². The highest BCUT2D eigenvalue weighted by Gasteiger charge is 2.04. The van der Waals surface area contributed by atoms with Gasteiger partial charge in [0.25, 0.3) is 0 Å². The van der Waals surface area contributed by atoms with Crippen molar-refractivity contribution in [2.45, 2.75) is 26.7 Å². The number of hydrogen-bond donors (Lipinski definition) is 1. The van der Waals surface area contributed by atoms with Crippen LogP contribution >= 0.6 is 0 Å². The number of anilines is 1. The van der Waals surface area contributed by atoms with Crippen LogP contribution in [0, 0.1) is 5.92 Å². The molecule has 0 amide bonds. The molecule has 1 N–H and O–H groups in total. The Morgan fingerprint density at radius 1 is 1.46 bits per heavy atom. The van der Waals surface area contributed by atoms with Crippen LogP contribution in [0.25, 0.3) is 0 Å². The maximum Gasteiger partial charge on any atom is 0.202 e. The second-order valence-electron chi connectivity index (χ2n) is 3.43. The Bertz CT molecular complexity index is 238. The third-order valence-corrected chi connectivity index (χ3v) is 2.52. The van der Waals surface area contributed by atoms with Gasteiger partial charge in [0.05, 0.1) is 0 Å². The van der Waals surface area contributed by atoms with Crippen molar-refractivity contribution in [2.75, 3.05) is 11.9 Å². The largest absolute Gasteiger partial charge is 0.355 e. The molecule has 1 aromatic heterocycles. The molecule has 0 atom stereocenters. The molecule has 0 aliphatic heterocycles. The van der Waals surface area contributed by atoms with E-state index in [0.29, 0.717) is 0 Å². The van der Waals surface area contributed by atoms with Crippen LogP contribution in [0.1, 0.15) is 26.7 Å². The molecular weight excluding hydrogens is 162 g/mol. The molecule has 1 heterocycles. The minimum Gasteiger partial charge on any atom is -0.355 e. The zero-order valence-corrected chi connectivity index (χ0v) is 8.75. The number of imidazole rings is 1. The molecular formula is C10H19N3. The molecule has 0 spiro atoms. The van der Waals surface area contributed by atoms with E-state index in [-0.39, 0.29) is 0 Å². The summed E-state index contributed by atoms with van der Waals surface area (Å²) in [7, 11) is 2.00. The fourth-order valence-electron chi connectivity index (χ4n) is 1.35. The third kappa shape index (κ3) is 2.76. The minimum atomic E-state index is 0.761. The summed E-state index contributed by atoms with van der Waals surface area (Å²) in [6.45, 7) is 5.49. The van der Waals surface area contributed by atoms with E-state index in [9.17, 15) is 0 Å². The molecule has 3 nitrogen and oxygen atoms in total. The van der Waals surface area contributed by atoms with Crippen molar-refractivity contribution in [3.8, 4) is 0 Å². The Balaban J connectivity index is 2.38. The van der Waals surface area contributed by atoms with Gasteiger partial charge in [-0.3, -0.25) is 0 Å². The van der Waals surface area contributed by atoms with Crippen LogP contribution in [0.2, 0.25) is 0 Å². The predicted molar refractivity (Wildman–Crippen MR) is 55.8 cm³/mol. The molecule has 1 rings (SSSR count). The lowest BCUT2D eigenvalue weighted by Gasteiger charge is -2.13. The summed E-state index contributed by atoms with van der Waals surface area (Å²) >= 11 is 0. The first kappa shape index (κ1) is 10.1. The zero-order valence-electron chi connectivity index (χ0n) is 8.75. The quantitative estimate of drug-likeness (QED) is 0.755. The van der Waals surface area contributed by atoms with Crippen molar-refractivity contribution in [3.05, 3.63) is 12.4 Å². The van der Waals surface area contributed by atoms with Crippen LogP contribution in [0.4, 0.5) is 5.95 Å². The SMILES string of the molecule is CCC(CC)CNc1nccn1C. The van der Waals surface area contributed by atoms with Crippen LogP contribution in [-0.2, 0) is 7.05 Å². The molecule has 0 fully saturated rings. The Kier molecular flexibility index (Phi) is 3.80. The number of nitrogens with zero attached hydrogens (tertiary/aromatic N) is 2. The number of aromatic nitrogens is 2. The number of nitrogens with one attached hydrogen (secondary N) is 1. The Hall–Kier alpha value is -0.990. The molecule has 0 aliphatic rings. The van der Waals surface area contributed by atoms with E-state index in [4.69, 9.17) is 0 Å². The average Bonchev–Trinajstić information content (AvgIpc) is 2.54. The summed E-state index contributed by atoms with van der Waals surface area (Å²) in [4.78, 5) is 4.21. The fraction of sp³-hybridized carbons (Fsp3) is 0.700. The Labute approximate surface area is 80.2 Å². The highest BCUT2D eigenvalue weighted by Crippen LogP contribution is 2.09. The van der Waals surface area contributed by atoms with Crippen molar-refractivity contribution in [1.29, 1.82) is 0 Å². The van der Waals surface area contributed by atoms with E-state index in [1.165, 1.54) is 12.8 Å². The smallest absolute Gasteiger partial charge is 0.202 e. The molecule has 74 valence electrons. The van der Waals surface area contributed by atoms with Gasteiger partial charge in [0, 0.05) is 26.0 Å². The first-order valence-electron chi connectivity index (χ1n) is 4.99. The van der Waals surface area contributed by atoms with E-state index in [0.717, 1.165) is 18.4 Å². The first-order chi connectivity index (χ1) is 6.27. The van der Waals surface area contributed by atoms with Crippen LogP contribution in [0.3, 0.4) is 0 Å². The van der Waals surface area contributed by atoms with E-state index in [1.807, 2.05) is 24.0 Å². The van der Waals surface area contributed by atoms with Crippen LogP contribution in [0.15, 0.2) is 12.4 Å². The first-order valence-corrected chi connectivity index (χ1v) is 4.99. The zero-order chi connectivity index (χ0) is 9.68. The van der Waals surface area contributed by atoms with Crippen LogP contribution < -0.4 is 5.32 Å². The molecule has 0 saturated carbocycles. The second kappa shape index (κ2) is 4.90. The lowest BCUT2D eigenvalue weighted by Crippen LogP contribution is -2.14. The molecule has 1 aromatic rings. The standard InChI is InChI=1S/C10H19N3/c1-4-9(5-2)8-12-10-11-6-7-13(10)3/h6-7,9H,4-5,8H2,1-3H3,(H,11,12). The molecule has 0 bridgehead atoms. The number of aryl methyl sites for hydroxylation is 1. The van der Waals surface area contributed by atoms with Gasteiger partial charge in [-0.2, -0.15) is 0 Å². The fourth-order valence-corrected chi connectivity index (χ4v) is 1.35. The van der Waals surface area contributed by atoms with E-state index in [2.05, 4.69) is 24.1 Å². The summed E-state index contributed by atoms with van der Waals surface area (Å²) in [5, 5.41) is 3.35. The van der Waals surface area contributed by atoms with E-state index >= 15 is 0 Å². The molecule has 0 saturated heterocycles. The van der Waals surface area contributed by atoms with Gasteiger partial charge < -0.3 is 9.88 Å². The van der Waals surface area contributed by atoms with Gasteiger partial charge in [0.15, 0.2) is 0 Å². The molecule has 13 heavy (non-hydrogen) atoms. The highest BCUT2D eigenvalue weighted by atomic mass is 15.2. The number of rotatable bonds is 5. The van der Waals surface area contributed by atoms with Crippen molar-refractivity contribution in [3.63, 3.8) is 0 Å². The van der Waals surface area contributed by atoms with Crippen molar-refractivity contribution >= 4 is 5.95 Å². The van der Waals surface area contributed by atoms with Gasteiger partial charge in [0.2, 0.25) is 5.95 Å². The van der Waals surface area contributed by atoms with Gasteiger partial charge in [-0.15, -0.1) is 0 Å². The van der Waals surface area contributed by atoms with Crippen LogP contribution in [-0.4, -0.2) is 16.1 Å².